The van der Waals surface area contributed by atoms with Crippen LogP contribution < -0.4 is 5.32 Å². The minimum absolute atomic E-state index is 0.181. The Morgan fingerprint density at radius 1 is 1.32 bits per heavy atom. The Kier molecular flexibility index (Phi) is 4.99. The lowest BCUT2D eigenvalue weighted by Crippen LogP contribution is -2.42. The number of nitrogens with one attached hydrogen (secondary N) is 1. The number of hydrogen-bond acceptors (Lipinski definition) is 3. The number of halogens is 1. The van der Waals surface area contributed by atoms with E-state index in [2.05, 4.69) is 21.2 Å². The molecule has 1 aliphatic carbocycles. The minimum Gasteiger partial charge on any atom is -0.481 e. The second-order valence-electron chi connectivity index (χ2n) is 4.76. The van der Waals surface area contributed by atoms with E-state index in [-0.39, 0.29) is 11.9 Å². The number of carbonyl (C=O) groups excluding carboxylic acids is 1. The van der Waals surface area contributed by atoms with Gasteiger partial charge in [0.1, 0.15) is 4.88 Å². The molecule has 1 aromatic heterocycles. The van der Waals surface area contributed by atoms with Crippen LogP contribution in [0, 0.1) is 5.92 Å². The first-order valence-electron chi connectivity index (χ1n) is 6.36. The summed E-state index contributed by atoms with van der Waals surface area (Å²) < 4.78 is 0.760. The van der Waals surface area contributed by atoms with Crippen molar-refractivity contribution < 1.29 is 14.7 Å². The Morgan fingerprint density at radius 3 is 2.68 bits per heavy atom. The average Bonchev–Trinajstić information content (AvgIpc) is 2.65. The van der Waals surface area contributed by atoms with E-state index in [9.17, 15) is 14.7 Å². The molecule has 2 rings (SSSR count). The van der Waals surface area contributed by atoms with Gasteiger partial charge in [0, 0.05) is 10.5 Å². The van der Waals surface area contributed by atoms with Crippen molar-refractivity contribution in [2.45, 2.75) is 38.1 Å². The molecule has 0 aromatic carbocycles. The highest BCUT2D eigenvalue weighted by atomic mass is 79.9. The van der Waals surface area contributed by atoms with Crippen LogP contribution >= 0.6 is 27.3 Å². The highest BCUT2D eigenvalue weighted by Gasteiger charge is 2.31. The maximum atomic E-state index is 12.2. The van der Waals surface area contributed by atoms with Crippen LogP contribution in [0.2, 0.25) is 0 Å². The number of carbonyl (C=O) groups is 2. The van der Waals surface area contributed by atoms with Crippen molar-refractivity contribution in [1.82, 2.24) is 5.32 Å². The second-order valence-corrected chi connectivity index (χ2v) is 6.53. The molecule has 19 heavy (non-hydrogen) atoms. The third-order valence-electron chi connectivity index (χ3n) is 3.47. The van der Waals surface area contributed by atoms with Gasteiger partial charge in [-0.1, -0.05) is 19.3 Å². The van der Waals surface area contributed by atoms with Gasteiger partial charge in [-0.05, 0) is 40.2 Å². The normalized spacial score (nSPS) is 23.6. The Labute approximate surface area is 124 Å². The zero-order chi connectivity index (χ0) is 13.8. The lowest BCUT2D eigenvalue weighted by molar-refractivity contribution is -0.142. The fourth-order valence-corrected chi connectivity index (χ4v) is 3.92. The molecule has 0 spiro atoms. The summed E-state index contributed by atoms with van der Waals surface area (Å²) in [4.78, 5) is 24.1. The first-order valence-corrected chi connectivity index (χ1v) is 8.03. The van der Waals surface area contributed by atoms with E-state index in [0.717, 1.165) is 30.2 Å². The first-order chi connectivity index (χ1) is 9.09. The van der Waals surface area contributed by atoms with Crippen molar-refractivity contribution in [3.63, 3.8) is 0 Å². The van der Waals surface area contributed by atoms with E-state index < -0.39 is 11.9 Å². The summed E-state index contributed by atoms with van der Waals surface area (Å²) in [5.41, 5.74) is 0. The molecule has 1 fully saturated rings. The maximum Gasteiger partial charge on any atom is 0.308 e. The van der Waals surface area contributed by atoms with Crippen LogP contribution in [-0.4, -0.2) is 23.0 Å². The maximum absolute atomic E-state index is 12.2. The van der Waals surface area contributed by atoms with Crippen LogP contribution in [0.25, 0.3) is 0 Å². The van der Waals surface area contributed by atoms with Crippen LogP contribution in [0.4, 0.5) is 0 Å². The molecule has 0 aliphatic heterocycles. The number of carboxylic acid groups (broad SMARTS) is 1. The number of rotatable bonds is 3. The Hall–Kier alpha value is -0.880. The standard InChI is InChI=1S/C13H16BrNO3S/c14-9-6-7-19-11(9)12(16)15-10-5-3-1-2-4-8(10)13(17)18/h6-8,10H,1-5H2,(H,15,16)(H,17,18)/t8-,10+/m0/s1. The number of carboxylic acids is 1. The quantitative estimate of drug-likeness (QED) is 0.826. The topological polar surface area (TPSA) is 66.4 Å². The fourth-order valence-electron chi connectivity index (χ4n) is 2.47. The van der Waals surface area contributed by atoms with Gasteiger partial charge in [0.25, 0.3) is 5.91 Å². The molecular formula is C13H16BrNO3S. The number of amides is 1. The molecule has 2 atom stereocenters. The second kappa shape index (κ2) is 6.52. The Bertz CT molecular complexity index is 474. The molecule has 4 nitrogen and oxygen atoms in total. The monoisotopic (exact) mass is 345 g/mol. The molecule has 1 saturated carbocycles. The summed E-state index contributed by atoms with van der Waals surface area (Å²) in [5.74, 6) is -1.46. The van der Waals surface area contributed by atoms with Crippen molar-refractivity contribution in [1.29, 1.82) is 0 Å². The van der Waals surface area contributed by atoms with Crippen molar-refractivity contribution in [2.75, 3.05) is 0 Å². The molecule has 0 unspecified atom stereocenters. The highest BCUT2D eigenvalue weighted by molar-refractivity contribution is 9.10. The molecule has 1 aromatic rings. The average molecular weight is 346 g/mol. The number of hydrogen-bond donors (Lipinski definition) is 2. The SMILES string of the molecule is O=C(N[C@@H]1CCCCC[C@@H]1C(=O)O)c1sccc1Br. The summed E-state index contributed by atoms with van der Waals surface area (Å²) in [6.45, 7) is 0. The van der Waals surface area contributed by atoms with E-state index in [0.29, 0.717) is 11.3 Å². The van der Waals surface area contributed by atoms with E-state index >= 15 is 0 Å². The molecule has 6 heteroatoms. The van der Waals surface area contributed by atoms with Gasteiger partial charge in [0.2, 0.25) is 0 Å². The van der Waals surface area contributed by atoms with Crippen LogP contribution in [0.5, 0.6) is 0 Å². The van der Waals surface area contributed by atoms with E-state index in [1.165, 1.54) is 11.3 Å². The summed E-state index contributed by atoms with van der Waals surface area (Å²) >= 11 is 4.68. The lowest BCUT2D eigenvalue weighted by Gasteiger charge is -2.22. The third kappa shape index (κ3) is 3.57. The van der Waals surface area contributed by atoms with E-state index in [1.54, 1.807) is 0 Å². The largest absolute Gasteiger partial charge is 0.481 e. The predicted octanol–water partition coefficient (Wildman–Crippen LogP) is 3.27. The first kappa shape index (κ1) is 14.5. The van der Waals surface area contributed by atoms with Crippen molar-refractivity contribution in [3.8, 4) is 0 Å². The summed E-state index contributed by atoms with van der Waals surface area (Å²) in [5, 5.41) is 14.0. The Morgan fingerprint density at radius 2 is 2.05 bits per heavy atom. The summed E-state index contributed by atoms with van der Waals surface area (Å²) in [7, 11) is 0. The van der Waals surface area contributed by atoms with E-state index in [4.69, 9.17) is 0 Å². The summed E-state index contributed by atoms with van der Waals surface area (Å²) in [6.07, 6.45) is 4.32. The zero-order valence-electron chi connectivity index (χ0n) is 10.4. The van der Waals surface area contributed by atoms with Crippen molar-refractivity contribution in [3.05, 3.63) is 20.8 Å². The third-order valence-corrected chi connectivity index (χ3v) is 5.31. The summed E-state index contributed by atoms with van der Waals surface area (Å²) in [6, 6.07) is 1.56. The molecule has 1 amide bonds. The smallest absolute Gasteiger partial charge is 0.308 e. The molecule has 0 bridgehead atoms. The van der Waals surface area contributed by atoms with E-state index in [1.807, 2.05) is 11.4 Å². The molecule has 0 radical (unpaired) electrons. The van der Waals surface area contributed by atoms with Gasteiger partial charge < -0.3 is 10.4 Å². The number of thiophene rings is 1. The zero-order valence-corrected chi connectivity index (χ0v) is 12.8. The van der Waals surface area contributed by atoms with Gasteiger partial charge in [-0.15, -0.1) is 11.3 Å². The van der Waals surface area contributed by atoms with Gasteiger partial charge in [0.15, 0.2) is 0 Å². The lowest BCUT2D eigenvalue weighted by atomic mass is 9.95. The molecule has 2 N–H and O–H groups in total. The van der Waals surface area contributed by atoms with Crippen molar-refractivity contribution >= 4 is 39.1 Å². The fraction of sp³-hybridized carbons (Fsp3) is 0.538. The molecule has 104 valence electrons. The highest BCUT2D eigenvalue weighted by Crippen LogP contribution is 2.26. The molecule has 0 saturated heterocycles. The van der Waals surface area contributed by atoms with Crippen molar-refractivity contribution in [2.24, 2.45) is 5.92 Å². The van der Waals surface area contributed by atoms with Crippen LogP contribution in [0.1, 0.15) is 41.8 Å². The van der Waals surface area contributed by atoms with Crippen LogP contribution in [-0.2, 0) is 4.79 Å². The minimum atomic E-state index is -0.808. The molecular weight excluding hydrogens is 330 g/mol. The van der Waals surface area contributed by atoms with Gasteiger partial charge in [-0.2, -0.15) is 0 Å². The van der Waals surface area contributed by atoms with Crippen LogP contribution in [0.3, 0.4) is 0 Å². The molecule has 1 heterocycles. The predicted molar refractivity (Wildman–Crippen MR) is 77.5 cm³/mol. The van der Waals surface area contributed by atoms with Crippen LogP contribution in [0.15, 0.2) is 15.9 Å². The van der Waals surface area contributed by atoms with Gasteiger partial charge in [-0.3, -0.25) is 9.59 Å². The van der Waals surface area contributed by atoms with Gasteiger partial charge in [-0.25, -0.2) is 0 Å². The van der Waals surface area contributed by atoms with Gasteiger partial charge in [0.05, 0.1) is 5.92 Å². The molecule has 1 aliphatic rings. The van der Waals surface area contributed by atoms with Gasteiger partial charge >= 0.3 is 5.97 Å². The number of aliphatic carboxylic acids is 1. The Balaban J connectivity index is 2.08.